The zero-order valence-corrected chi connectivity index (χ0v) is 13.3. The van der Waals surface area contributed by atoms with Crippen LogP contribution in [0.25, 0.3) is 0 Å². The van der Waals surface area contributed by atoms with E-state index in [1.807, 2.05) is 6.92 Å². The highest BCUT2D eigenvalue weighted by Gasteiger charge is 2.25. The minimum absolute atomic E-state index is 0.0838. The maximum absolute atomic E-state index is 12.1. The van der Waals surface area contributed by atoms with Crippen LogP contribution in [0.4, 0.5) is 0 Å². The highest BCUT2D eigenvalue weighted by atomic mass is 31.1. The highest BCUT2D eigenvalue weighted by molar-refractivity contribution is 7.34. The fourth-order valence-corrected chi connectivity index (χ4v) is 2.93. The number of hydrogen-bond acceptors (Lipinski definition) is 6. The van der Waals surface area contributed by atoms with Crippen molar-refractivity contribution < 1.29 is 18.9 Å². The first kappa shape index (κ1) is 16.0. The summed E-state index contributed by atoms with van der Waals surface area (Å²) in [5.41, 5.74) is 2.00. The second-order valence-corrected chi connectivity index (χ2v) is 5.68. The van der Waals surface area contributed by atoms with E-state index >= 15 is 0 Å². The molecular formula is C14H19N2O4P. The van der Waals surface area contributed by atoms with Gasteiger partial charge in [0.2, 0.25) is 0 Å². The first-order valence-corrected chi connectivity index (χ1v) is 7.54. The van der Waals surface area contributed by atoms with Crippen molar-refractivity contribution in [2.75, 3.05) is 33.8 Å². The number of hydrogen-bond donors (Lipinski definition) is 1. The van der Waals surface area contributed by atoms with Crippen molar-refractivity contribution in [1.82, 2.24) is 10.4 Å². The Morgan fingerprint density at radius 1 is 1.48 bits per heavy atom. The Labute approximate surface area is 125 Å². The fraction of sp³-hybridized carbons (Fsp3) is 0.500. The summed E-state index contributed by atoms with van der Waals surface area (Å²) in [7, 11) is 3.21. The lowest BCUT2D eigenvalue weighted by molar-refractivity contribution is -0.0714. The summed E-state index contributed by atoms with van der Waals surface area (Å²) < 4.78 is 17.1. The van der Waals surface area contributed by atoms with E-state index in [0.717, 1.165) is 17.7 Å². The minimum atomic E-state index is -0.434. The number of morpholine rings is 1. The first-order valence-electron chi connectivity index (χ1n) is 6.73. The monoisotopic (exact) mass is 310 g/mol. The van der Waals surface area contributed by atoms with Crippen LogP contribution in [0.15, 0.2) is 12.1 Å². The van der Waals surface area contributed by atoms with E-state index in [1.54, 1.807) is 26.2 Å². The van der Waals surface area contributed by atoms with Gasteiger partial charge in [0.1, 0.15) is 0 Å². The van der Waals surface area contributed by atoms with Crippen LogP contribution in [0.5, 0.6) is 0 Å². The van der Waals surface area contributed by atoms with Crippen LogP contribution in [0, 0.1) is 6.92 Å². The molecule has 1 heterocycles. The number of carbonyl (C=O) groups is 1. The molecule has 1 unspecified atom stereocenters. The zero-order chi connectivity index (χ0) is 15.4. The summed E-state index contributed by atoms with van der Waals surface area (Å²) in [4.78, 5) is 17.2. The smallest absolute Gasteiger partial charge is 0.357 e. The van der Waals surface area contributed by atoms with Crippen molar-refractivity contribution in [2.24, 2.45) is 0 Å². The van der Waals surface area contributed by atoms with Gasteiger partial charge in [0, 0.05) is 38.1 Å². The topological polar surface area (TPSA) is 67.9 Å². The summed E-state index contributed by atoms with van der Waals surface area (Å²) in [5, 5.41) is 5.23. The maximum atomic E-state index is 12.1. The van der Waals surface area contributed by atoms with Crippen molar-refractivity contribution in [3.63, 3.8) is 0 Å². The number of ether oxygens (including phenoxy) is 1. The van der Waals surface area contributed by atoms with Gasteiger partial charge in [0.15, 0.2) is 8.46 Å². The zero-order valence-electron chi connectivity index (χ0n) is 12.4. The average molecular weight is 310 g/mol. The minimum Gasteiger partial charge on any atom is -0.371 e. The Kier molecular flexibility index (Phi) is 5.42. The molecule has 0 spiro atoms. The fourth-order valence-electron chi connectivity index (χ4n) is 2.39. The molecule has 1 aliphatic rings. The van der Waals surface area contributed by atoms with Gasteiger partial charge < -0.3 is 14.9 Å². The molecule has 0 aromatic heterocycles. The predicted octanol–water partition coefficient (Wildman–Crippen LogP) is 1.21. The van der Waals surface area contributed by atoms with Crippen molar-refractivity contribution in [1.29, 1.82) is 0 Å². The van der Waals surface area contributed by atoms with E-state index in [4.69, 9.17) is 9.57 Å². The second kappa shape index (κ2) is 7.09. The summed E-state index contributed by atoms with van der Waals surface area (Å²) in [6.07, 6.45) is -0.206. The first-order chi connectivity index (χ1) is 10.0. The van der Waals surface area contributed by atoms with E-state index in [0.29, 0.717) is 24.0 Å². The van der Waals surface area contributed by atoms with Crippen molar-refractivity contribution in [2.45, 2.75) is 13.0 Å². The molecule has 1 aromatic rings. The van der Waals surface area contributed by atoms with Gasteiger partial charge in [0.25, 0.3) is 0 Å². The molecule has 1 N–H and O–H groups in total. The number of rotatable bonds is 4. The van der Waals surface area contributed by atoms with Crippen LogP contribution < -0.4 is 10.6 Å². The van der Waals surface area contributed by atoms with Gasteiger partial charge in [-0.15, -0.1) is 5.06 Å². The third-order valence-corrected chi connectivity index (χ3v) is 3.91. The highest BCUT2D eigenvalue weighted by Crippen LogP contribution is 2.26. The Balaban J connectivity index is 2.41. The number of benzene rings is 1. The molecule has 1 aliphatic heterocycles. The van der Waals surface area contributed by atoms with Gasteiger partial charge >= 0.3 is 5.97 Å². The lowest BCUT2D eigenvalue weighted by Crippen LogP contribution is -2.35. The van der Waals surface area contributed by atoms with Crippen LogP contribution in [0.2, 0.25) is 0 Å². The Hall–Kier alpha value is -1.33. The molecular weight excluding hydrogens is 291 g/mol. The van der Waals surface area contributed by atoms with E-state index in [9.17, 15) is 9.36 Å². The van der Waals surface area contributed by atoms with Gasteiger partial charge in [-0.1, -0.05) is 0 Å². The average Bonchev–Trinajstić information content (AvgIpc) is 2.46. The molecule has 1 atom stereocenters. The van der Waals surface area contributed by atoms with E-state index in [-0.39, 0.29) is 14.6 Å². The van der Waals surface area contributed by atoms with Crippen LogP contribution in [-0.2, 0) is 14.1 Å². The Bertz CT molecular complexity index is 542. The molecule has 114 valence electrons. The van der Waals surface area contributed by atoms with Crippen molar-refractivity contribution in [3.8, 4) is 0 Å². The lowest BCUT2D eigenvalue weighted by Gasteiger charge is -2.27. The normalized spacial score (nSPS) is 19.0. The number of carbonyl (C=O) groups excluding carboxylic acids is 1. The van der Waals surface area contributed by atoms with E-state index in [2.05, 4.69) is 5.32 Å². The lowest BCUT2D eigenvalue weighted by atomic mass is 9.97. The largest absolute Gasteiger partial charge is 0.371 e. The third kappa shape index (κ3) is 3.66. The van der Waals surface area contributed by atoms with Crippen LogP contribution in [-0.4, -0.2) is 44.8 Å². The molecule has 0 radical (unpaired) electrons. The van der Waals surface area contributed by atoms with Gasteiger partial charge in [-0.05, 0) is 24.6 Å². The molecule has 1 saturated heterocycles. The molecule has 21 heavy (non-hydrogen) atoms. The van der Waals surface area contributed by atoms with Crippen LogP contribution in [0.1, 0.15) is 27.6 Å². The molecule has 6 nitrogen and oxygen atoms in total. The van der Waals surface area contributed by atoms with Gasteiger partial charge in [-0.3, -0.25) is 4.57 Å². The molecule has 2 rings (SSSR count). The third-order valence-electron chi connectivity index (χ3n) is 3.33. The summed E-state index contributed by atoms with van der Waals surface area (Å²) in [6, 6.07) is 3.32. The van der Waals surface area contributed by atoms with E-state index < -0.39 is 5.97 Å². The number of nitrogens with one attached hydrogen (secondary N) is 1. The second-order valence-electron chi connectivity index (χ2n) is 5.02. The summed E-state index contributed by atoms with van der Waals surface area (Å²) in [5.74, 6) is -0.434. The van der Waals surface area contributed by atoms with Gasteiger partial charge in [-0.25, -0.2) is 4.79 Å². The molecule has 7 heteroatoms. The predicted molar refractivity (Wildman–Crippen MR) is 79.1 cm³/mol. The molecule has 0 saturated carbocycles. The van der Waals surface area contributed by atoms with E-state index in [1.165, 1.54) is 5.06 Å². The van der Waals surface area contributed by atoms with Gasteiger partial charge in [-0.2, -0.15) is 0 Å². The summed E-state index contributed by atoms with van der Waals surface area (Å²) in [6.45, 7) is 3.85. The van der Waals surface area contributed by atoms with Crippen molar-refractivity contribution in [3.05, 3.63) is 28.8 Å². The molecule has 0 amide bonds. The van der Waals surface area contributed by atoms with Crippen LogP contribution >= 0.6 is 8.46 Å². The van der Waals surface area contributed by atoms with Gasteiger partial charge in [0.05, 0.1) is 18.3 Å². The van der Waals surface area contributed by atoms with Crippen LogP contribution in [0.3, 0.4) is 0 Å². The number of hydroxylamine groups is 2. The maximum Gasteiger partial charge on any atom is 0.357 e. The SMILES string of the molecule is Cc1c(C(=O)ON(C)C)ccc(P=O)c1C1CNCCO1. The summed E-state index contributed by atoms with van der Waals surface area (Å²) >= 11 is 0. The molecule has 1 aromatic carbocycles. The standard InChI is InChI=1S/C14H19N2O4P/c1-9-10(14(17)20-16(2)3)4-5-12(21-18)13(9)11-8-15-6-7-19-11/h4-5,11,15H,6-8H2,1-3H3. The molecule has 1 fully saturated rings. The Morgan fingerprint density at radius 3 is 2.81 bits per heavy atom. The van der Waals surface area contributed by atoms with Crippen molar-refractivity contribution >= 4 is 19.7 Å². The Morgan fingerprint density at radius 2 is 2.24 bits per heavy atom. The molecule has 0 aliphatic carbocycles. The quantitative estimate of drug-likeness (QED) is 0.666. The number of nitrogens with zero attached hydrogens (tertiary/aromatic N) is 1. The molecule has 0 bridgehead atoms.